The number of hydrogen-bond donors (Lipinski definition) is 1. The van der Waals surface area contributed by atoms with Crippen LogP contribution in [0.5, 0.6) is 11.5 Å². The van der Waals surface area contributed by atoms with E-state index in [0.717, 1.165) is 0 Å². The summed E-state index contributed by atoms with van der Waals surface area (Å²) in [6.45, 7) is -0.213. The smallest absolute Gasteiger partial charge is 0.390 e. The number of fused-ring (bicyclic) bond motifs is 1. The van der Waals surface area contributed by atoms with Gasteiger partial charge in [0, 0.05) is 18.3 Å². The highest BCUT2D eigenvalue weighted by atomic mass is 19.4. The van der Waals surface area contributed by atoms with Crippen LogP contribution in [0, 0.1) is 0 Å². The van der Waals surface area contributed by atoms with Gasteiger partial charge in [0.2, 0.25) is 12.7 Å². The third-order valence-electron chi connectivity index (χ3n) is 2.85. The lowest BCUT2D eigenvalue weighted by atomic mass is 10.2. The first kappa shape index (κ1) is 15.4. The van der Waals surface area contributed by atoms with Crippen LogP contribution in [0.1, 0.15) is 6.42 Å². The SMILES string of the molecule is CN(CCC(F)(F)F)CC(=O)Nc1ccc2c(c1)OCO2. The van der Waals surface area contributed by atoms with E-state index in [1.165, 1.54) is 11.9 Å². The minimum atomic E-state index is -4.22. The Bertz CT molecular complexity index is 520. The first-order valence-corrected chi connectivity index (χ1v) is 6.28. The number of rotatable bonds is 5. The van der Waals surface area contributed by atoms with Crippen LogP contribution in [-0.4, -0.2) is 43.9 Å². The third kappa shape index (κ3) is 4.82. The zero-order chi connectivity index (χ0) is 15.5. The summed E-state index contributed by atoms with van der Waals surface area (Å²) in [5, 5.41) is 2.60. The van der Waals surface area contributed by atoms with Gasteiger partial charge < -0.3 is 14.8 Å². The Hall–Kier alpha value is -1.96. The Labute approximate surface area is 119 Å². The molecule has 0 saturated heterocycles. The van der Waals surface area contributed by atoms with Crippen LogP contribution in [0.4, 0.5) is 18.9 Å². The molecule has 1 amide bonds. The van der Waals surface area contributed by atoms with Crippen molar-refractivity contribution in [2.24, 2.45) is 0 Å². The van der Waals surface area contributed by atoms with Crippen molar-refractivity contribution in [1.29, 1.82) is 0 Å². The molecule has 116 valence electrons. The lowest BCUT2D eigenvalue weighted by molar-refractivity contribution is -0.138. The van der Waals surface area contributed by atoms with Gasteiger partial charge in [-0.25, -0.2) is 0 Å². The van der Waals surface area contributed by atoms with Crippen molar-refractivity contribution in [1.82, 2.24) is 4.90 Å². The maximum Gasteiger partial charge on any atom is 0.390 e. The molecule has 0 aliphatic carbocycles. The van der Waals surface area contributed by atoms with Crippen LogP contribution >= 0.6 is 0 Å². The van der Waals surface area contributed by atoms with E-state index < -0.39 is 18.5 Å². The topological polar surface area (TPSA) is 50.8 Å². The molecule has 0 bridgehead atoms. The van der Waals surface area contributed by atoms with Crippen molar-refractivity contribution in [2.45, 2.75) is 12.6 Å². The zero-order valence-corrected chi connectivity index (χ0v) is 11.4. The number of alkyl halides is 3. The van der Waals surface area contributed by atoms with Crippen molar-refractivity contribution in [2.75, 3.05) is 32.2 Å². The molecule has 1 aromatic rings. The number of ether oxygens (including phenoxy) is 2. The molecule has 0 spiro atoms. The van der Waals surface area contributed by atoms with Crippen molar-refractivity contribution < 1.29 is 27.4 Å². The maximum atomic E-state index is 12.1. The van der Waals surface area contributed by atoms with Crippen LogP contribution in [0.25, 0.3) is 0 Å². The molecule has 0 fully saturated rings. The quantitative estimate of drug-likeness (QED) is 0.906. The Morgan fingerprint density at radius 1 is 1.33 bits per heavy atom. The highest BCUT2D eigenvalue weighted by Crippen LogP contribution is 2.34. The monoisotopic (exact) mass is 304 g/mol. The average Bonchev–Trinajstić information content (AvgIpc) is 2.82. The molecule has 0 radical (unpaired) electrons. The predicted molar refractivity (Wildman–Crippen MR) is 69.4 cm³/mol. The summed E-state index contributed by atoms with van der Waals surface area (Å²) in [6.07, 6.45) is -5.16. The Morgan fingerprint density at radius 3 is 2.76 bits per heavy atom. The predicted octanol–water partition coefficient (Wildman–Crippen LogP) is 2.24. The largest absolute Gasteiger partial charge is 0.454 e. The number of likely N-dealkylation sites (N-methyl/N-ethyl adjacent to an activating group) is 1. The van der Waals surface area contributed by atoms with Crippen LogP contribution in [0.2, 0.25) is 0 Å². The van der Waals surface area contributed by atoms with Gasteiger partial charge in [-0.2, -0.15) is 13.2 Å². The highest BCUT2D eigenvalue weighted by Gasteiger charge is 2.27. The molecular weight excluding hydrogens is 289 g/mol. The van der Waals surface area contributed by atoms with Crippen molar-refractivity contribution in [3.8, 4) is 11.5 Å². The van der Waals surface area contributed by atoms with Gasteiger partial charge in [0.05, 0.1) is 13.0 Å². The minimum absolute atomic E-state index is 0.121. The molecule has 2 rings (SSSR count). The second-order valence-electron chi connectivity index (χ2n) is 4.72. The van der Waals surface area contributed by atoms with Gasteiger partial charge in [-0.3, -0.25) is 9.69 Å². The number of halogens is 3. The van der Waals surface area contributed by atoms with E-state index in [2.05, 4.69) is 5.32 Å². The molecule has 0 aromatic heterocycles. The number of hydrogen-bond acceptors (Lipinski definition) is 4. The standard InChI is InChI=1S/C13H15F3N2O3/c1-18(5-4-13(14,15)16)7-12(19)17-9-2-3-10-11(6-9)21-8-20-10/h2-3,6H,4-5,7-8H2,1H3,(H,17,19). The second kappa shape index (κ2) is 6.21. The van der Waals surface area contributed by atoms with Crippen LogP contribution in [-0.2, 0) is 4.79 Å². The average molecular weight is 304 g/mol. The van der Waals surface area contributed by atoms with E-state index in [1.54, 1.807) is 18.2 Å². The first-order chi connectivity index (χ1) is 9.83. The third-order valence-corrected chi connectivity index (χ3v) is 2.85. The number of nitrogens with zero attached hydrogens (tertiary/aromatic N) is 1. The summed E-state index contributed by atoms with van der Waals surface area (Å²) in [4.78, 5) is 13.1. The van der Waals surface area contributed by atoms with Gasteiger partial charge in [-0.1, -0.05) is 0 Å². The van der Waals surface area contributed by atoms with E-state index in [9.17, 15) is 18.0 Å². The van der Waals surface area contributed by atoms with Gasteiger partial charge in [0.25, 0.3) is 0 Å². The second-order valence-corrected chi connectivity index (χ2v) is 4.72. The van der Waals surface area contributed by atoms with E-state index in [-0.39, 0.29) is 19.9 Å². The Balaban J connectivity index is 1.81. The van der Waals surface area contributed by atoms with Gasteiger partial charge >= 0.3 is 6.18 Å². The normalized spacial score (nSPS) is 13.6. The molecular formula is C13H15F3N2O3. The fourth-order valence-corrected chi connectivity index (χ4v) is 1.82. The van der Waals surface area contributed by atoms with Crippen LogP contribution < -0.4 is 14.8 Å². The molecule has 1 aliphatic heterocycles. The highest BCUT2D eigenvalue weighted by molar-refractivity contribution is 5.92. The summed E-state index contributed by atoms with van der Waals surface area (Å²) in [5.41, 5.74) is 0.508. The fourth-order valence-electron chi connectivity index (χ4n) is 1.82. The van der Waals surface area contributed by atoms with Gasteiger partial charge in [0.1, 0.15) is 0 Å². The summed E-state index contributed by atoms with van der Waals surface area (Å²) < 4.78 is 46.5. The number of anilines is 1. The van der Waals surface area contributed by atoms with E-state index in [1.807, 2.05) is 0 Å². The van der Waals surface area contributed by atoms with E-state index >= 15 is 0 Å². The molecule has 5 nitrogen and oxygen atoms in total. The zero-order valence-electron chi connectivity index (χ0n) is 11.4. The lowest BCUT2D eigenvalue weighted by Gasteiger charge is -2.17. The number of amides is 1. The summed E-state index contributed by atoms with van der Waals surface area (Å²) >= 11 is 0. The number of carbonyl (C=O) groups is 1. The van der Waals surface area contributed by atoms with Crippen molar-refractivity contribution in [3.05, 3.63) is 18.2 Å². The van der Waals surface area contributed by atoms with E-state index in [4.69, 9.17) is 9.47 Å². The molecule has 0 saturated carbocycles. The van der Waals surface area contributed by atoms with Crippen LogP contribution in [0.15, 0.2) is 18.2 Å². The Kier molecular flexibility index (Phi) is 4.56. The number of carbonyl (C=O) groups excluding carboxylic acids is 1. The van der Waals surface area contributed by atoms with Gasteiger partial charge in [-0.05, 0) is 19.2 Å². The van der Waals surface area contributed by atoms with Crippen molar-refractivity contribution >= 4 is 11.6 Å². The Morgan fingerprint density at radius 2 is 2.05 bits per heavy atom. The first-order valence-electron chi connectivity index (χ1n) is 6.28. The molecule has 1 aliphatic rings. The molecule has 21 heavy (non-hydrogen) atoms. The molecule has 1 N–H and O–H groups in total. The van der Waals surface area contributed by atoms with Crippen molar-refractivity contribution in [3.63, 3.8) is 0 Å². The van der Waals surface area contributed by atoms with Gasteiger partial charge in [0.15, 0.2) is 11.5 Å². The van der Waals surface area contributed by atoms with Gasteiger partial charge in [-0.15, -0.1) is 0 Å². The summed E-state index contributed by atoms with van der Waals surface area (Å²) in [5.74, 6) is 0.729. The molecule has 0 unspecified atom stereocenters. The minimum Gasteiger partial charge on any atom is -0.454 e. The van der Waals surface area contributed by atoms with E-state index in [0.29, 0.717) is 17.2 Å². The fraction of sp³-hybridized carbons (Fsp3) is 0.462. The molecule has 8 heteroatoms. The number of benzene rings is 1. The summed E-state index contributed by atoms with van der Waals surface area (Å²) in [6, 6.07) is 4.91. The molecule has 1 aromatic carbocycles. The lowest BCUT2D eigenvalue weighted by Crippen LogP contribution is -2.32. The summed E-state index contributed by atoms with van der Waals surface area (Å²) in [7, 11) is 1.46. The van der Waals surface area contributed by atoms with Crippen LogP contribution in [0.3, 0.4) is 0 Å². The number of nitrogens with one attached hydrogen (secondary N) is 1. The molecule has 0 atom stereocenters. The maximum absolute atomic E-state index is 12.1. The molecule has 1 heterocycles.